The zero-order chi connectivity index (χ0) is 11.5. The molecule has 15 heavy (non-hydrogen) atoms. The van der Waals surface area contributed by atoms with Gasteiger partial charge in [-0.2, -0.15) is 4.72 Å². The van der Waals surface area contributed by atoms with Gasteiger partial charge in [0.15, 0.2) is 11.1 Å². The third kappa shape index (κ3) is 3.71. The van der Waals surface area contributed by atoms with Crippen LogP contribution in [0.25, 0.3) is 0 Å². The molecule has 1 aromatic rings. The number of benzene rings is 1. The molecule has 0 saturated carbocycles. The fraction of sp³-hybridized carbons (Fsp3) is 0.250. The molecule has 0 aliphatic carbocycles. The SMILES string of the molecule is Cc1ccc(S(=O)(=O)NCS(=O)O)cc1. The number of rotatable bonds is 4. The van der Waals surface area contributed by atoms with Crippen LogP contribution >= 0.6 is 0 Å². The van der Waals surface area contributed by atoms with E-state index in [0.29, 0.717) is 0 Å². The fourth-order valence-corrected chi connectivity index (χ4v) is 2.61. The second kappa shape index (κ2) is 4.84. The van der Waals surface area contributed by atoms with Crippen LogP contribution in [-0.4, -0.2) is 23.1 Å². The molecule has 0 fully saturated rings. The van der Waals surface area contributed by atoms with Crippen molar-refractivity contribution in [2.45, 2.75) is 11.8 Å². The summed E-state index contributed by atoms with van der Waals surface area (Å²) in [4.78, 5) is 0.0820. The predicted molar refractivity (Wildman–Crippen MR) is 57.1 cm³/mol. The van der Waals surface area contributed by atoms with Gasteiger partial charge in [0.05, 0.1) is 4.90 Å². The van der Waals surface area contributed by atoms with Crippen molar-refractivity contribution >= 4 is 21.1 Å². The van der Waals surface area contributed by atoms with Crippen LogP contribution in [-0.2, 0) is 21.1 Å². The van der Waals surface area contributed by atoms with E-state index in [2.05, 4.69) is 0 Å². The van der Waals surface area contributed by atoms with Crippen LogP contribution in [0.15, 0.2) is 29.2 Å². The average molecular weight is 249 g/mol. The lowest BCUT2D eigenvalue weighted by Crippen LogP contribution is -2.26. The number of aryl methyl sites for hydroxylation is 1. The van der Waals surface area contributed by atoms with Gasteiger partial charge in [-0.1, -0.05) is 17.7 Å². The van der Waals surface area contributed by atoms with Crippen molar-refractivity contribution in [2.24, 2.45) is 0 Å². The maximum absolute atomic E-state index is 11.5. The van der Waals surface area contributed by atoms with E-state index < -0.39 is 27.0 Å². The van der Waals surface area contributed by atoms with Crippen molar-refractivity contribution < 1.29 is 17.2 Å². The van der Waals surface area contributed by atoms with Crippen LogP contribution in [0.4, 0.5) is 0 Å². The van der Waals surface area contributed by atoms with Gasteiger partial charge in [-0.3, -0.25) is 0 Å². The Labute approximate surface area is 90.8 Å². The molecule has 0 aromatic heterocycles. The second-order valence-corrected chi connectivity index (χ2v) is 5.63. The molecule has 1 unspecified atom stereocenters. The van der Waals surface area contributed by atoms with E-state index in [1.165, 1.54) is 12.1 Å². The van der Waals surface area contributed by atoms with Gasteiger partial charge in [0.2, 0.25) is 10.0 Å². The Bertz CT molecular complexity index is 452. The van der Waals surface area contributed by atoms with Crippen molar-refractivity contribution in [1.82, 2.24) is 4.72 Å². The molecule has 1 aromatic carbocycles. The molecule has 0 bridgehead atoms. The number of sulfonamides is 1. The highest BCUT2D eigenvalue weighted by atomic mass is 32.2. The highest BCUT2D eigenvalue weighted by molar-refractivity contribution is 7.90. The zero-order valence-corrected chi connectivity index (χ0v) is 9.64. The fourth-order valence-electron chi connectivity index (χ4n) is 0.929. The molecule has 0 spiro atoms. The topological polar surface area (TPSA) is 83.5 Å². The first-order valence-corrected chi connectivity index (χ1v) is 6.81. The molecule has 1 rings (SSSR count). The summed E-state index contributed by atoms with van der Waals surface area (Å²) in [6.45, 7) is 1.84. The highest BCUT2D eigenvalue weighted by Gasteiger charge is 2.13. The average Bonchev–Trinajstić information content (AvgIpc) is 2.16. The maximum atomic E-state index is 11.5. The molecule has 2 N–H and O–H groups in total. The molecule has 5 nitrogen and oxygen atoms in total. The van der Waals surface area contributed by atoms with Crippen molar-refractivity contribution in [3.05, 3.63) is 29.8 Å². The lowest BCUT2D eigenvalue weighted by Gasteiger charge is -2.04. The van der Waals surface area contributed by atoms with Crippen molar-refractivity contribution in [3.63, 3.8) is 0 Å². The molecule has 0 aliphatic heterocycles. The summed E-state index contributed by atoms with van der Waals surface area (Å²) in [6.07, 6.45) is 0. The minimum absolute atomic E-state index is 0.0820. The quantitative estimate of drug-likeness (QED) is 0.759. The number of hydrogen-bond donors (Lipinski definition) is 2. The Morgan fingerprint density at radius 1 is 1.33 bits per heavy atom. The van der Waals surface area contributed by atoms with E-state index in [4.69, 9.17) is 4.55 Å². The molecule has 0 amide bonds. The highest BCUT2D eigenvalue weighted by Crippen LogP contribution is 2.09. The van der Waals surface area contributed by atoms with E-state index in [1.807, 2.05) is 11.6 Å². The van der Waals surface area contributed by atoms with Gasteiger partial charge in [-0.15, -0.1) is 0 Å². The van der Waals surface area contributed by atoms with Gasteiger partial charge in [0.25, 0.3) is 0 Å². The Morgan fingerprint density at radius 3 is 2.33 bits per heavy atom. The second-order valence-electron chi connectivity index (χ2n) is 2.93. The normalized spacial score (nSPS) is 13.7. The summed E-state index contributed by atoms with van der Waals surface area (Å²) in [5.41, 5.74) is 0.944. The van der Waals surface area contributed by atoms with Crippen LogP contribution in [0.3, 0.4) is 0 Å². The van der Waals surface area contributed by atoms with Crippen LogP contribution in [0.2, 0.25) is 0 Å². The van der Waals surface area contributed by atoms with Crippen LogP contribution in [0.5, 0.6) is 0 Å². The first-order valence-electron chi connectivity index (χ1n) is 4.05. The van der Waals surface area contributed by atoms with Gasteiger partial charge in [-0.05, 0) is 19.1 Å². The Balaban J connectivity index is 2.87. The summed E-state index contributed by atoms with van der Waals surface area (Å²) in [5, 5.41) is 0. The molecule has 1 atom stereocenters. The Morgan fingerprint density at radius 2 is 1.87 bits per heavy atom. The smallest absolute Gasteiger partial charge is 0.241 e. The van der Waals surface area contributed by atoms with E-state index in [1.54, 1.807) is 12.1 Å². The molecule has 0 saturated heterocycles. The van der Waals surface area contributed by atoms with Gasteiger partial charge in [0.1, 0.15) is 5.88 Å². The van der Waals surface area contributed by atoms with Gasteiger partial charge in [0, 0.05) is 0 Å². The lowest BCUT2D eigenvalue weighted by molar-refractivity contribution is 0.556. The van der Waals surface area contributed by atoms with Crippen molar-refractivity contribution in [2.75, 3.05) is 5.88 Å². The van der Waals surface area contributed by atoms with Crippen LogP contribution in [0, 0.1) is 6.92 Å². The van der Waals surface area contributed by atoms with Crippen LogP contribution in [0.1, 0.15) is 5.56 Å². The first kappa shape index (κ1) is 12.3. The van der Waals surface area contributed by atoms with Gasteiger partial charge < -0.3 is 4.55 Å². The van der Waals surface area contributed by atoms with E-state index in [9.17, 15) is 12.6 Å². The summed E-state index contributed by atoms with van der Waals surface area (Å²) >= 11 is -2.18. The van der Waals surface area contributed by atoms with Gasteiger partial charge in [-0.25, -0.2) is 12.6 Å². The largest absolute Gasteiger partial charge is 0.305 e. The number of hydrogen-bond acceptors (Lipinski definition) is 3. The standard InChI is InChI=1S/C8H11NO4S2/c1-7-2-4-8(5-3-7)15(12,13)9-6-14(10)11/h2-5,9H,6H2,1H3,(H,10,11). The monoisotopic (exact) mass is 249 g/mol. The summed E-state index contributed by atoms with van der Waals surface area (Å²) in [5.74, 6) is -0.504. The summed E-state index contributed by atoms with van der Waals surface area (Å²) in [6, 6.07) is 6.20. The summed E-state index contributed by atoms with van der Waals surface area (Å²) in [7, 11) is -3.68. The third-order valence-corrected chi connectivity index (χ3v) is 3.69. The maximum Gasteiger partial charge on any atom is 0.241 e. The Kier molecular flexibility index (Phi) is 3.97. The minimum Gasteiger partial charge on any atom is -0.305 e. The summed E-state index contributed by atoms with van der Waals surface area (Å²) < 4.78 is 43.8. The van der Waals surface area contributed by atoms with Crippen molar-refractivity contribution in [3.8, 4) is 0 Å². The molecular formula is C8H11NO4S2. The van der Waals surface area contributed by atoms with E-state index in [-0.39, 0.29) is 4.90 Å². The lowest BCUT2D eigenvalue weighted by atomic mass is 10.2. The molecule has 7 heteroatoms. The first-order chi connectivity index (χ1) is 6.92. The van der Waals surface area contributed by atoms with E-state index >= 15 is 0 Å². The minimum atomic E-state index is -3.68. The van der Waals surface area contributed by atoms with Crippen molar-refractivity contribution in [1.29, 1.82) is 0 Å². The molecule has 84 valence electrons. The van der Waals surface area contributed by atoms with E-state index in [0.717, 1.165) is 5.56 Å². The Hall–Kier alpha value is -0.760. The third-order valence-electron chi connectivity index (χ3n) is 1.70. The predicted octanol–water partition coefficient (Wildman–Crippen LogP) is 0.453. The molecule has 0 aliphatic rings. The molecular weight excluding hydrogens is 238 g/mol. The van der Waals surface area contributed by atoms with Gasteiger partial charge >= 0.3 is 0 Å². The molecule has 0 heterocycles. The molecule has 0 radical (unpaired) electrons. The number of nitrogens with one attached hydrogen (secondary N) is 1. The zero-order valence-electron chi connectivity index (χ0n) is 8.00. The van der Waals surface area contributed by atoms with Crippen LogP contribution < -0.4 is 4.72 Å².